The summed E-state index contributed by atoms with van der Waals surface area (Å²) in [4.78, 5) is 21.2. The fourth-order valence-electron chi connectivity index (χ4n) is 3.23. The zero-order valence-electron chi connectivity index (χ0n) is 17.8. The fraction of sp³-hybridized carbons (Fsp3) is 0.261. The van der Waals surface area contributed by atoms with Gasteiger partial charge < -0.3 is 15.2 Å². The van der Waals surface area contributed by atoms with Crippen molar-refractivity contribution in [1.82, 2.24) is 15.1 Å². The van der Waals surface area contributed by atoms with Crippen LogP contribution < -0.4 is 5.32 Å². The number of hydrogen-bond donors (Lipinski definition) is 2. The van der Waals surface area contributed by atoms with E-state index < -0.39 is 12.1 Å². The third-order valence-electron chi connectivity index (χ3n) is 4.85. The van der Waals surface area contributed by atoms with E-state index in [1.165, 1.54) is 11.1 Å². The van der Waals surface area contributed by atoms with E-state index in [1.54, 1.807) is 24.3 Å². The molecule has 11 heteroatoms. The van der Waals surface area contributed by atoms with Gasteiger partial charge in [-0.1, -0.05) is 41.9 Å². The topological polar surface area (TPSA) is 93.5 Å². The van der Waals surface area contributed by atoms with Gasteiger partial charge in [0.2, 0.25) is 0 Å². The average Bonchev–Trinajstić information content (AvgIpc) is 3.21. The highest BCUT2D eigenvalue weighted by molar-refractivity contribution is 6.30. The summed E-state index contributed by atoms with van der Waals surface area (Å²) in [6.45, 7) is 1.74. The Morgan fingerprint density at radius 2 is 1.79 bits per heavy atom. The predicted octanol–water partition coefficient (Wildman–Crippen LogP) is 4.26. The second kappa shape index (κ2) is 11.2. The Morgan fingerprint density at radius 3 is 2.41 bits per heavy atom. The molecule has 0 fully saturated rings. The molecular formula is C23H21ClF3N3O4. The number of hydrogen-bond acceptors (Lipinski definition) is 4. The Labute approximate surface area is 198 Å². The van der Waals surface area contributed by atoms with Gasteiger partial charge in [-0.15, -0.1) is 0 Å². The van der Waals surface area contributed by atoms with Crippen molar-refractivity contribution in [2.45, 2.75) is 25.2 Å². The van der Waals surface area contributed by atoms with E-state index in [0.29, 0.717) is 23.7 Å². The summed E-state index contributed by atoms with van der Waals surface area (Å²) in [5.74, 6) is -2.90. The molecule has 0 bridgehead atoms. The lowest BCUT2D eigenvalue weighted by molar-refractivity contribution is -0.192. The van der Waals surface area contributed by atoms with E-state index >= 15 is 0 Å². The quantitative estimate of drug-likeness (QED) is 0.551. The van der Waals surface area contributed by atoms with Crippen LogP contribution in [-0.2, 0) is 22.5 Å². The molecule has 1 atom stereocenters. The lowest BCUT2D eigenvalue weighted by atomic mass is 10.1. The van der Waals surface area contributed by atoms with E-state index in [4.69, 9.17) is 31.3 Å². The van der Waals surface area contributed by atoms with Crippen molar-refractivity contribution in [1.29, 1.82) is 0 Å². The maximum Gasteiger partial charge on any atom is 0.490 e. The molecule has 0 radical (unpaired) electrons. The molecule has 3 aromatic rings. The van der Waals surface area contributed by atoms with E-state index in [-0.39, 0.29) is 12.0 Å². The lowest BCUT2D eigenvalue weighted by Crippen LogP contribution is -2.31. The highest BCUT2D eigenvalue weighted by atomic mass is 35.5. The van der Waals surface area contributed by atoms with Gasteiger partial charge in [-0.2, -0.15) is 18.3 Å². The number of alkyl halides is 3. The van der Waals surface area contributed by atoms with Crippen LogP contribution in [0.1, 0.15) is 33.3 Å². The monoisotopic (exact) mass is 495 g/mol. The van der Waals surface area contributed by atoms with E-state index in [9.17, 15) is 18.0 Å². The number of nitrogens with zero attached hydrogens (tertiary/aromatic N) is 2. The Hall–Kier alpha value is -3.37. The Kier molecular flexibility index (Phi) is 8.30. The van der Waals surface area contributed by atoms with Gasteiger partial charge in [-0.3, -0.25) is 9.48 Å². The van der Waals surface area contributed by atoms with Crippen LogP contribution in [-0.4, -0.2) is 46.1 Å². The highest BCUT2D eigenvalue weighted by Crippen LogP contribution is 2.25. The molecule has 7 nitrogen and oxygen atoms in total. The number of halogens is 4. The van der Waals surface area contributed by atoms with Crippen LogP contribution >= 0.6 is 11.6 Å². The molecule has 0 aliphatic carbocycles. The molecule has 34 heavy (non-hydrogen) atoms. The number of nitrogens with one attached hydrogen (secondary N) is 1. The Balaban J connectivity index is 0.000000406. The fourth-order valence-corrected chi connectivity index (χ4v) is 3.35. The summed E-state index contributed by atoms with van der Waals surface area (Å²) < 4.78 is 39.5. The van der Waals surface area contributed by atoms with Gasteiger partial charge in [0, 0.05) is 23.3 Å². The molecule has 0 spiro atoms. The number of carbonyl (C=O) groups is 2. The van der Waals surface area contributed by atoms with Gasteiger partial charge in [-0.25, -0.2) is 4.79 Å². The van der Waals surface area contributed by atoms with Gasteiger partial charge in [-0.05, 0) is 41.8 Å². The van der Waals surface area contributed by atoms with Crippen molar-refractivity contribution in [3.63, 3.8) is 0 Å². The Morgan fingerprint density at radius 1 is 1.15 bits per heavy atom. The van der Waals surface area contributed by atoms with Crippen molar-refractivity contribution in [3.8, 4) is 0 Å². The molecule has 2 heterocycles. The number of aliphatic carboxylic acids is 1. The van der Waals surface area contributed by atoms with Crippen LogP contribution in [0.25, 0.3) is 0 Å². The first-order valence-corrected chi connectivity index (χ1v) is 10.6. The minimum Gasteiger partial charge on any atom is -0.475 e. The second-order valence-corrected chi connectivity index (χ2v) is 7.79. The van der Waals surface area contributed by atoms with Crippen LogP contribution in [0, 0.1) is 0 Å². The Bertz CT molecular complexity index is 1120. The number of fused-ring (bicyclic) bond motifs is 1. The minimum atomic E-state index is -5.08. The third-order valence-corrected chi connectivity index (χ3v) is 5.10. The number of aromatic nitrogens is 2. The molecule has 0 saturated heterocycles. The summed E-state index contributed by atoms with van der Waals surface area (Å²) in [7, 11) is 0. The average molecular weight is 496 g/mol. The molecule has 2 N–H and O–H groups in total. The number of carboxylic acid groups (broad SMARTS) is 1. The van der Waals surface area contributed by atoms with Crippen LogP contribution in [0.5, 0.6) is 0 Å². The number of ether oxygens (including phenoxy) is 1. The number of carbonyl (C=O) groups excluding carboxylic acids is 1. The molecule has 4 rings (SSSR count). The number of benzene rings is 2. The molecule has 1 amide bonds. The molecule has 1 aliphatic rings. The third kappa shape index (κ3) is 7.06. The number of rotatable bonds is 5. The number of amides is 1. The maximum atomic E-state index is 12.3. The van der Waals surface area contributed by atoms with Gasteiger partial charge in [0.05, 0.1) is 18.8 Å². The van der Waals surface area contributed by atoms with Crippen molar-refractivity contribution in [3.05, 3.63) is 88.2 Å². The van der Waals surface area contributed by atoms with Crippen LogP contribution in [0.4, 0.5) is 13.2 Å². The van der Waals surface area contributed by atoms with Crippen molar-refractivity contribution >= 4 is 23.5 Å². The van der Waals surface area contributed by atoms with Crippen LogP contribution in [0.2, 0.25) is 5.02 Å². The second-order valence-electron chi connectivity index (χ2n) is 7.35. The van der Waals surface area contributed by atoms with E-state index in [2.05, 4.69) is 23.6 Å². The summed E-state index contributed by atoms with van der Waals surface area (Å²) in [5, 5.41) is 15.4. The highest BCUT2D eigenvalue weighted by Gasteiger charge is 2.38. The molecule has 180 valence electrons. The zero-order chi connectivity index (χ0) is 24.7. The predicted molar refractivity (Wildman–Crippen MR) is 118 cm³/mol. The van der Waals surface area contributed by atoms with Crippen molar-refractivity contribution < 1.29 is 32.6 Å². The molecule has 1 unspecified atom stereocenters. The molecule has 0 saturated carbocycles. The summed E-state index contributed by atoms with van der Waals surface area (Å²) in [6, 6.07) is 17.0. The molecule has 1 aliphatic heterocycles. The lowest BCUT2D eigenvalue weighted by Gasteiger charge is -2.22. The van der Waals surface area contributed by atoms with Gasteiger partial charge in [0.25, 0.3) is 5.91 Å². The summed E-state index contributed by atoms with van der Waals surface area (Å²) in [6.07, 6.45) is -2.40. The van der Waals surface area contributed by atoms with E-state index in [0.717, 1.165) is 18.7 Å². The summed E-state index contributed by atoms with van der Waals surface area (Å²) in [5.41, 5.74) is 3.87. The first kappa shape index (κ1) is 25.3. The SMILES string of the molecule is O=C(NCC1OCCc2cn(Cc3ccccc3)nc21)c1ccc(Cl)cc1.O=C(O)C(F)(F)F. The van der Waals surface area contributed by atoms with Crippen molar-refractivity contribution in [2.75, 3.05) is 13.2 Å². The molecule has 1 aromatic heterocycles. The minimum absolute atomic E-state index is 0.147. The van der Waals surface area contributed by atoms with Gasteiger partial charge in [0.15, 0.2) is 0 Å². The molecular weight excluding hydrogens is 475 g/mol. The van der Waals surface area contributed by atoms with Crippen molar-refractivity contribution in [2.24, 2.45) is 0 Å². The smallest absolute Gasteiger partial charge is 0.475 e. The normalized spacial score (nSPS) is 15.0. The first-order valence-electron chi connectivity index (χ1n) is 10.2. The largest absolute Gasteiger partial charge is 0.490 e. The van der Waals surface area contributed by atoms with Gasteiger partial charge >= 0.3 is 12.1 Å². The summed E-state index contributed by atoms with van der Waals surface area (Å²) >= 11 is 5.87. The van der Waals surface area contributed by atoms with Gasteiger partial charge in [0.1, 0.15) is 6.10 Å². The zero-order valence-corrected chi connectivity index (χ0v) is 18.5. The van der Waals surface area contributed by atoms with Crippen LogP contribution in [0.15, 0.2) is 60.8 Å². The molecule has 2 aromatic carbocycles. The first-order chi connectivity index (χ1) is 16.1. The van der Waals surface area contributed by atoms with Crippen LogP contribution in [0.3, 0.4) is 0 Å². The number of carboxylic acids is 1. The maximum absolute atomic E-state index is 12.3. The standard InChI is InChI=1S/C21H20ClN3O2.C2HF3O2/c22-18-8-6-16(7-9-18)21(26)23-12-19-20-17(10-11-27-19)14-25(24-20)13-15-4-2-1-3-5-15;3-2(4,5)1(6)7/h1-9,14,19H,10-13H2,(H,23,26);(H,6,7). The van der Waals surface area contributed by atoms with E-state index in [1.807, 2.05) is 22.9 Å².